The van der Waals surface area contributed by atoms with Gasteiger partial charge in [0.2, 0.25) is 5.91 Å². The van der Waals surface area contributed by atoms with Crippen molar-refractivity contribution in [3.8, 4) is 0 Å². The van der Waals surface area contributed by atoms with Gasteiger partial charge in [-0.1, -0.05) is 0 Å². The number of ether oxygens (including phenoxy) is 1. The molecule has 0 saturated carbocycles. The number of carbonyl (C=O) groups excluding carboxylic acids is 1. The molecule has 0 aliphatic carbocycles. The normalized spacial score (nSPS) is 22.3. The number of hydrogen-bond donors (Lipinski definition) is 1. The Morgan fingerprint density at radius 3 is 2.57 bits per heavy atom. The molecule has 0 radical (unpaired) electrons. The minimum Gasteiger partial charge on any atom is -0.378 e. The molecule has 1 N–H and O–H groups in total. The van der Waals surface area contributed by atoms with Crippen LogP contribution in [0.3, 0.4) is 0 Å². The van der Waals surface area contributed by atoms with Crippen molar-refractivity contribution < 1.29 is 9.53 Å². The molecule has 21 heavy (non-hydrogen) atoms. The Bertz CT molecular complexity index is 460. The summed E-state index contributed by atoms with van der Waals surface area (Å²) in [5, 5.41) is 2.96. The van der Waals surface area contributed by atoms with Gasteiger partial charge in [0.05, 0.1) is 12.5 Å². The van der Waals surface area contributed by atoms with Gasteiger partial charge < -0.3 is 15.0 Å². The second kappa shape index (κ2) is 6.94. The first-order valence-corrected chi connectivity index (χ1v) is 8.08. The molecular weight excluding hydrogens is 264 g/mol. The Morgan fingerprint density at radius 1 is 1.14 bits per heavy atom. The second-order valence-electron chi connectivity index (χ2n) is 5.98. The topological polar surface area (TPSA) is 41.6 Å². The van der Waals surface area contributed by atoms with Crippen molar-refractivity contribution in [1.29, 1.82) is 0 Å². The zero-order valence-electron chi connectivity index (χ0n) is 12.5. The van der Waals surface area contributed by atoms with E-state index in [2.05, 4.69) is 22.3 Å². The van der Waals surface area contributed by atoms with Crippen LogP contribution in [-0.4, -0.2) is 31.7 Å². The molecule has 1 aromatic rings. The number of piperidine rings is 1. The first-order chi connectivity index (χ1) is 10.3. The van der Waals surface area contributed by atoms with Gasteiger partial charge in [-0.2, -0.15) is 0 Å². The van der Waals surface area contributed by atoms with E-state index in [1.165, 1.54) is 24.9 Å². The number of carbonyl (C=O) groups is 1. The van der Waals surface area contributed by atoms with Crippen LogP contribution >= 0.6 is 0 Å². The maximum absolute atomic E-state index is 12.0. The summed E-state index contributed by atoms with van der Waals surface area (Å²) in [6.07, 6.45) is 6.54. The van der Waals surface area contributed by atoms with Gasteiger partial charge in [0.25, 0.3) is 0 Å². The fourth-order valence-corrected chi connectivity index (χ4v) is 3.13. The highest BCUT2D eigenvalue weighted by molar-refractivity contribution is 5.91. The van der Waals surface area contributed by atoms with Crippen molar-refractivity contribution in [2.24, 2.45) is 0 Å². The lowest BCUT2D eigenvalue weighted by Gasteiger charge is -2.28. The van der Waals surface area contributed by atoms with Crippen LogP contribution in [0.15, 0.2) is 24.3 Å². The summed E-state index contributed by atoms with van der Waals surface area (Å²) >= 11 is 0. The molecule has 0 aromatic heterocycles. The predicted molar refractivity (Wildman–Crippen MR) is 84.7 cm³/mol. The first kappa shape index (κ1) is 14.4. The van der Waals surface area contributed by atoms with Gasteiger partial charge in [-0.3, -0.25) is 4.79 Å². The van der Waals surface area contributed by atoms with Crippen molar-refractivity contribution >= 4 is 17.3 Å². The van der Waals surface area contributed by atoms with E-state index in [9.17, 15) is 4.79 Å². The van der Waals surface area contributed by atoms with Gasteiger partial charge in [-0.25, -0.2) is 0 Å². The van der Waals surface area contributed by atoms with Crippen molar-refractivity contribution in [3.05, 3.63) is 24.3 Å². The Kier molecular flexibility index (Phi) is 4.76. The standard InChI is InChI=1S/C17H24N2O2/c20-17(13-16-5-4-12-21-16)18-14-6-8-15(9-7-14)19-10-2-1-3-11-19/h6-9,16H,1-5,10-13H2,(H,18,20). The molecule has 1 amide bonds. The molecule has 2 heterocycles. The predicted octanol–water partition coefficient (Wildman–Crippen LogP) is 3.18. The lowest BCUT2D eigenvalue weighted by atomic mass is 10.1. The summed E-state index contributed by atoms with van der Waals surface area (Å²) < 4.78 is 5.49. The van der Waals surface area contributed by atoms with E-state index in [1.54, 1.807) is 0 Å². The Morgan fingerprint density at radius 2 is 1.90 bits per heavy atom. The van der Waals surface area contributed by atoms with Crippen LogP contribution in [0.1, 0.15) is 38.5 Å². The van der Waals surface area contributed by atoms with Crippen molar-refractivity contribution in [1.82, 2.24) is 0 Å². The van der Waals surface area contributed by atoms with Crippen molar-refractivity contribution in [2.45, 2.75) is 44.6 Å². The van der Waals surface area contributed by atoms with Crippen molar-refractivity contribution in [3.63, 3.8) is 0 Å². The fraction of sp³-hybridized carbons (Fsp3) is 0.588. The van der Waals surface area contributed by atoms with Crippen LogP contribution in [0, 0.1) is 0 Å². The number of nitrogens with zero attached hydrogens (tertiary/aromatic N) is 1. The first-order valence-electron chi connectivity index (χ1n) is 8.08. The Labute approximate surface area is 126 Å². The number of anilines is 2. The number of amides is 1. The van der Waals surface area contributed by atoms with E-state index in [-0.39, 0.29) is 12.0 Å². The molecule has 1 unspecified atom stereocenters. The minimum atomic E-state index is 0.0487. The molecule has 0 bridgehead atoms. The van der Waals surface area contributed by atoms with Crippen LogP contribution < -0.4 is 10.2 Å². The Hall–Kier alpha value is -1.55. The molecule has 114 valence electrons. The van der Waals surface area contributed by atoms with Gasteiger partial charge >= 0.3 is 0 Å². The van der Waals surface area contributed by atoms with Crippen LogP contribution in [0.2, 0.25) is 0 Å². The smallest absolute Gasteiger partial charge is 0.226 e. The summed E-state index contributed by atoms with van der Waals surface area (Å²) in [5.74, 6) is 0.0487. The van der Waals surface area contributed by atoms with Gasteiger partial charge in [0.15, 0.2) is 0 Å². The number of nitrogens with one attached hydrogen (secondary N) is 1. The summed E-state index contributed by atoms with van der Waals surface area (Å²) in [6, 6.07) is 8.20. The van der Waals surface area contributed by atoms with Gasteiger partial charge in [0.1, 0.15) is 0 Å². The summed E-state index contributed by atoms with van der Waals surface area (Å²) in [4.78, 5) is 14.4. The molecule has 2 saturated heterocycles. The van der Waals surface area contributed by atoms with E-state index >= 15 is 0 Å². The van der Waals surface area contributed by atoms with Crippen molar-refractivity contribution in [2.75, 3.05) is 29.9 Å². The fourth-order valence-electron chi connectivity index (χ4n) is 3.13. The maximum Gasteiger partial charge on any atom is 0.226 e. The minimum absolute atomic E-state index is 0.0487. The molecular formula is C17H24N2O2. The van der Waals surface area contributed by atoms with E-state index in [0.717, 1.165) is 38.2 Å². The number of rotatable bonds is 4. The van der Waals surface area contributed by atoms with Gasteiger partial charge in [0, 0.05) is 31.1 Å². The molecule has 2 aliphatic rings. The van der Waals surface area contributed by atoms with Crippen LogP contribution in [0.25, 0.3) is 0 Å². The lowest BCUT2D eigenvalue weighted by molar-refractivity contribution is -0.118. The average molecular weight is 288 g/mol. The molecule has 3 rings (SSSR count). The van der Waals surface area contributed by atoms with Crippen LogP contribution in [0.5, 0.6) is 0 Å². The quantitative estimate of drug-likeness (QED) is 0.925. The molecule has 1 aromatic carbocycles. The van der Waals surface area contributed by atoms with E-state index in [0.29, 0.717) is 6.42 Å². The van der Waals surface area contributed by atoms with E-state index in [4.69, 9.17) is 4.74 Å². The lowest BCUT2D eigenvalue weighted by Crippen LogP contribution is -2.29. The largest absolute Gasteiger partial charge is 0.378 e. The van der Waals surface area contributed by atoms with E-state index < -0.39 is 0 Å². The Balaban J connectivity index is 1.52. The molecule has 2 aliphatic heterocycles. The maximum atomic E-state index is 12.0. The zero-order valence-corrected chi connectivity index (χ0v) is 12.5. The van der Waals surface area contributed by atoms with Crippen LogP contribution in [-0.2, 0) is 9.53 Å². The average Bonchev–Trinajstić information content (AvgIpc) is 3.02. The molecule has 0 spiro atoms. The van der Waals surface area contributed by atoms with E-state index in [1.807, 2.05) is 12.1 Å². The van der Waals surface area contributed by atoms with Gasteiger partial charge in [-0.05, 0) is 56.4 Å². The summed E-state index contributed by atoms with van der Waals surface area (Å²) in [7, 11) is 0. The zero-order chi connectivity index (χ0) is 14.5. The monoisotopic (exact) mass is 288 g/mol. The third-order valence-electron chi connectivity index (χ3n) is 4.31. The molecule has 4 nitrogen and oxygen atoms in total. The highest BCUT2D eigenvalue weighted by atomic mass is 16.5. The highest BCUT2D eigenvalue weighted by Gasteiger charge is 2.19. The third-order valence-corrected chi connectivity index (χ3v) is 4.31. The number of benzene rings is 1. The highest BCUT2D eigenvalue weighted by Crippen LogP contribution is 2.22. The molecule has 2 fully saturated rings. The van der Waals surface area contributed by atoms with Crippen LogP contribution in [0.4, 0.5) is 11.4 Å². The summed E-state index contributed by atoms with van der Waals surface area (Å²) in [6.45, 7) is 3.08. The second-order valence-corrected chi connectivity index (χ2v) is 5.98. The molecule has 1 atom stereocenters. The molecule has 4 heteroatoms. The third kappa shape index (κ3) is 3.97. The van der Waals surface area contributed by atoms with Gasteiger partial charge in [-0.15, -0.1) is 0 Å². The summed E-state index contributed by atoms with van der Waals surface area (Å²) in [5.41, 5.74) is 2.13. The number of hydrogen-bond acceptors (Lipinski definition) is 3. The SMILES string of the molecule is O=C(CC1CCCO1)Nc1ccc(N2CCCCC2)cc1.